The largest absolute Gasteiger partial charge is 0.481 e. The highest BCUT2D eigenvalue weighted by Crippen LogP contribution is 2.14. The van der Waals surface area contributed by atoms with Crippen LogP contribution in [0.5, 0.6) is 0 Å². The van der Waals surface area contributed by atoms with E-state index in [0.29, 0.717) is 6.42 Å². The van der Waals surface area contributed by atoms with Crippen LogP contribution in [0.4, 0.5) is 0 Å². The minimum absolute atomic E-state index is 0.223. The average Bonchev–Trinajstić information content (AvgIpc) is 2.64. The second-order valence-electron chi connectivity index (χ2n) is 3.54. The molecular weight excluding hydrogens is 192 g/mol. The molecule has 1 heterocycles. The lowest BCUT2D eigenvalue weighted by molar-refractivity contribution is -0.137. The minimum Gasteiger partial charge on any atom is -0.481 e. The highest BCUT2D eigenvalue weighted by molar-refractivity contribution is 5.78. The van der Waals surface area contributed by atoms with Gasteiger partial charge in [-0.25, -0.2) is 0 Å². The molecule has 15 heavy (non-hydrogen) atoms. The van der Waals surface area contributed by atoms with E-state index < -0.39 is 5.97 Å². The molecule has 2 rings (SSSR count). The number of H-pyrrole nitrogens is 1. The number of carboxylic acids is 1. The number of nitrogens with zero attached hydrogens (tertiary/aromatic N) is 1. The number of fused-ring (bicyclic) bond motifs is 1. The Morgan fingerprint density at radius 2 is 2.33 bits per heavy atom. The molecule has 1 aromatic carbocycles. The van der Waals surface area contributed by atoms with Crippen LogP contribution in [0.1, 0.15) is 18.4 Å². The summed E-state index contributed by atoms with van der Waals surface area (Å²) in [4.78, 5) is 10.3. The maximum absolute atomic E-state index is 10.3. The molecule has 0 amide bonds. The maximum Gasteiger partial charge on any atom is 0.303 e. The third-order valence-corrected chi connectivity index (χ3v) is 2.36. The number of carbonyl (C=O) groups is 1. The van der Waals surface area contributed by atoms with E-state index in [1.165, 1.54) is 0 Å². The van der Waals surface area contributed by atoms with Crippen LogP contribution in [0.25, 0.3) is 10.9 Å². The number of aromatic amines is 1. The summed E-state index contributed by atoms with van der Waals surface area (Å²) < 4.78 is 0. The zero-order valence-corrected chi connectivity index (χ0v) is 8.23. The van der Waals surface area contributed by atoms with Gasteiger partial charge >= 0.3 is 5.97 Å². The molecular formula is C11H12N2O2. The van der Waals surface area contributed by atoms with E-state index in [2.05, 4.69) is 10.2 Å². The summed E-state index contributed by atoms with van der Waals surface area (Å²) in [5.41, 5.74) is 2.15. The summed E-state index contributed by atoms with van der Waals surface area (Å²) in [5.74, 6) is -0.738. The van der Waals surface area contributed by atoms with Crippen LogP contribution in [0, 0.1) is 0 Å². The topological polar surface area (TPSA) is 66.0 Å². The molecule has 0 aliphatic heterocycles. The highest BCUT2D eigenvalue weighted by Gasteiger charge is 2.00. The van der Waals surface area contributed by atoms with E-state index in [9.17, 15) is 4.79 Å². The Bertz CT molecular complexity index is 476. The monoisotopic (exact) mass is 204 g/mol. The molecule has 0 saturated heterocycles. The van der Waals surface area contributed by atoms with Gasteiger partial charge in [-0.1, -0.05) is 12.1 Å². The van der Waals surface area contributed by atoms with Gasteiger partial charge in [0.25, 0.3) is 0 Å². The van der Waals surface area contributed by atoms with Crippen molar-refractivity contribution < 1.29 is 9.90 Å². The van der Waals surface area contributed by atoms with E-state index in [1.807, 2.05) is 18.2 Å². The molecule has 0 aliphatic carbocycles. The number of nitrogens with one attached hydrogen (secondary N) is 1. The minimum atomic E-state index is -0.738. The first kappa shape index (κ1) is 9.71. The molecule has 0 spiro atoms. The van der Waals surface area contributed by atoms with Crippen LogP contribution in [0.15, 0.2) is 24.4 Å². The fourth-order valence-corrected chi connectivity index (χ4v) is 1.58. The van der Waals surface area contributed by atoms with Gasteiger partial charge in [-0.15, -0.1) is 0 Å². The summed E-state index contributed by atoms with van der Waals surface area (Å²) in [6.07, 6.45) is 3.47. The number of hydrogen-bond acceptors (Lipinski definition) is 2. The molecule has 78 valence electrons. The summed E-state index contributed by atoms with van der Waals surface area (Å²) >= 11 is 0. The van der Waals surface area contributed by atoms with E-state index in [-0.39, 0.29) is 6.42 Å². The van der Waals surface area contributed by atoms with E-state index in [1.54, 1.807) is 6.20 Å². The van der Waals surface area contributed by atoms with Gasteiger partial charge in [-0.05, 0) is 24.5 Å². The quantitative estimate of drug-likeness (QED) is 0.800. The molecule has 0 fully saturated rings. The summed E-state index contributed by atoms with van der Waals surface area (Å²) in [6.45, 7) is 0. The van der Waals surface area contributed by atoms with Gasteiger partial charge < -0.3 is 5.11 Å². The van der Waals surface area contributed by atoms with Crippen LogP contribution >= 0.6 is 0 Å². The molecule has 0 unspecified atom stereocenters. The molecule has 2 aromatic rings. The molecule has 0 bridgehead atoms. The van der Waals surface area contributed by atoms with E-state index >= 15 is 0 Å². The Hall–Kier alpha value is -1.84. The summed E-state index contributed by atoms with van der Waals surface area (Å²) in [7, 11) is 0. The van der Waals surface area contributed by atoms with E-state index in [4.69, 9.17) is 5.11 Å². The Labute approximate surface area is 86.9 Å². The van der Waals surface area contributed by atoms with Gasteiger partial charge in [-0.2, -0.15) is 5.10 Å². The first-order valence-corrected chi connectivity index (χ1v) is 4.89. The highest BCUT2D eigenvalue weighted by atomic mass is 16.4. The zero-order valence-electron chi connectivity index (χ0n) is 8.23. The molecule has 2 N–H and O–H groups in total. The Balaban J connectivity index is 2.04. The van der Waals surface area contributed by atoms with Crippen LogP contribution in [-0.4, -0.2) is 21.3 Å². The van der Waals surface area contributed by atoms with Crippen LogP contribution < -0.4 is 0 Å². The Kier molecular flexibility index (Phi) is 2.67. The van der Waals surface area contributed by atoms with Crippen LogP contribution in [0.2, 0.25) is 0 Å². The number of hydrogen-bond donors (Lipinski definition) is 2. The average molecular weight is 204 g/mol. The Morgan fingerprint density at radius 3 is 3.13 bits per heavy atom. The molecule has 0 aliphatic rings. The van der Waals surface area contributed by atoms with Crippen molar-refractivity contribution in [1.82, 2.24) is 10.2 Å². The zero-order chi connectivity index (χ0) is 10.7. The van der Waals surface area contributed by atoms with Crippen molar-refractivity contribution >= 4 is 16.9 Å². The van der Waals surface area contributed by atoms with Crippen molar-refractivity contribution in [3.05, 3.63) is 30.0 Å². The van der Waals surface area contributed by atoms with Crippen molar-refractivity contribution in [2.75, 3.05) is 0 Å². The fourth-order valence-electron chi connectivity index (χ4n) is 1.58. The number of aromatic nitrogens is 2. The third-order valence-electron chi connectivity index (χ3n) is 2.36. The second kappa shape index (κ2) is 4.13. The smallest absolute Gasteiger partial charge is 0.303 e. The van der Waals surface area contributed by atoms with Crippen molar-refractivity contribution in [3.63, 3.8) is 0 Å². The number of aliphatic carboxylic acids is 1. The predicted molar refractivity (Wildman–Crippen MR) is 56.7 cm³/mol. The van der Waals surface area contributed by atoms with Crippen molar-refractivity contribution in [2.24, 2.45) is 0 Å². The molecule has 4 nitrogen and oxygen atoms in total. The second-order valence-corrected chi connectivity index (χ2v) is 3.54. The lowest BCUT2D eigenvalue weighted by Crippen LogP contribution is -1.95. The first-order chi connectivity index (χ1) is 7.25. The number of aryl methyl sites for hydroxylation is 1. The maximum atomic E-state index is 10.3. The van der Waals surface area contributed by atoms with Gasteiger partial charge in [-0.3, -0.25) is 9.89 Å². The fraction of sp³-hybridized carbons (Fsp3) is 0.273. The van der Waals surface area contributed by atoms with Gasteiger partial charge in [0, 0.05) is 11.8 Å². The molecule has 0 saturated carbocycles. The van der Waals surface area contributed by atoms with Crippen LogP contribution in [0.3, 0.4) is 0 Å². The molecule has 4 heteroatoms. The number of benzene rings is 1. The SMILES string of the molecule is O=C(O)CCCc1ccc2cn[nH]c2c1. The molecule has 0 radical (unpaired) electrons. The van der Waals surface area contributed by atoms with E-state index in [0.717, 1.165) is 22.9 Å². The van der Waals surface area contributed by atoms with Gasteiger partial charge in [0.2, 0.25) is 0 Å². The lowest BCUT2D eigenvalue weighted by atomic mass is 10.1. The van der Waals surface area contributed by atoms with Crippen molar-refractivity contribution in [3.8, 4) is 0 Å². The van der Waals surface area contributed by atoms with Gasteiger partial charge in [0.05, 0.1) is 11.7 Å². The van der Waals surface area contributed by atoms with Crippen molar-refractivity contribution in [1.29, 1.82) is 0 Å². The normalized spacial score (nSPS) is 10.7. The van der Waals surface area contributed by atoms with Gasteiger partial charge in [0.1, 0.15) is 0 Å². The van der Waals surface area contributed by atoms with Crippen LogP contribution in [-0.2, 0) is 11.2 Å². The van der Waals surface area contributed by atoms with Crippen molar-refractivity contribution in [2.45, 2.75) is 19.3 Å². The molecule has 1 aromatic heterocycles. The third kappa shape index (κ3) is 2.34. The lowest BCUT2D eigenvalue weighted by Gasteiger charge is -1.99. The predicted octanol–water partition coefficient (Wildman–Crippen LogP) is 1.97. The number of carboxylic acid groups (broad SMARTS) is 1. The Morgan fingerprint density at radius 1 is 1.47 bits per heavy atom. The summed E-state index contributed by atoms with van der Waals surface area (Å²) in [6, 6.07) is 6.03. The standard InChI is InChI=1S/C11H12N2O2/c14-11(15)3-1-2-8-4-5-9-7-12-13-10(9)6-8/h4-7H,1-3H2,(H,12,13)(H,14,15). The number of rotatable bonds is 4. The molecule has 0 atom stereocenters. The first-order valence-electron chi connectivity index (χ1n) is 4.89. The van der Waals surface area contributed by atoms with Gasteiger partial charge in [0.15, 0.2) is 0 Å². The summed E-state index contributed by atoms with van der Waals surface area (Å²) in [5, 5.41) is 16.4.